The van der Waals surface area contributed by atoms with Gasteiger partial charge in [-0.25, -0.2) is 9.59 Å². The number of phenols is 1. The fourth-order valence-electron chi connectivity index (χ4n) is 1.27. The number of ether oxygens (including phenoxy) is 1. The highest BCUT2D eigenvalue weighted by atomic mass is 16.5. The van der Waals surface area contributed by atoms with Crippen molar-refractivity contribution in [3.8, 4) is 5.75 Å². The number of alkyl carbamates (subject to hydrolysis) is 1. The number of aliphatic carboxylic acids is 1. The number of methoxy groups -OCH3 is 1. The number of carboxylic acids is 1. The molecule has 0 saturated carbocycles. The lowest BCUT2D eigenvalue weighted by Gasteiger charge is -2.13. The monoisotopic (exact) mass is 239 g/mol. The van der Waals surface area contributed by atoms with Gasteiger partial charge >= 0.3 is 12.1 Å². The number of nitrogens with one attached hydrogen (secondary N) is 1. The largest absolute Gasteiger partial charge is 0.508 e. The molecule has 0 aliphatic carbocycles. The first-order valence-electron chi connectivity index (χ1n) is 4.88. The van der Waals surface area contributed by atoms with Crippen molar-refractivity contribution < 1.29 is 24.5 Å². The van der Waals surface area contributed by atoms with Crippen molar-refractivity contribution in [3.63, 3.8) is 0 Å². The first-order chi connectivity index (χ1) is 8.02. The minimum atomic E-state index is -1.15. The topological polar surface area (TPSA) is 95.9 Å². The van der Waals surface area contributed by atoms with Gasteiger partial charge in [-0.3, -0.25) is 0 Å². The van der Waals surface area contributed by atoms with E-state index in [1.165, 1.54) is 12.1 Å². The molecule has 1 unspecified atom stereocenters. The summed E-state index contributed by atoms with van der Waals surface area (Å²) in [5.74, 6) is -1.05. The summed E-state index contributed by atoms with van der Waals surface area (Å²) in [5.41, 5.74) is 0.687. The molecule has 1 aromatic carbocycles. The van der Waals surface area contributed by atoms with Crippen molar-refractivity contribution in [3.05, 3.63) is 29.8 Å². The predicted octanol–water partition coefficient (Wildman–Crippen LogP) is 0.744. The van der Waals surface area contributed by atoms with Crippen LogP contribution in [0.5, 0.6) is 5.75 Å². The number of carbonyl (C=O) groups excluding carboxylic acids is 1. The van der Waals surface area contributed by atoms with Gasteiger partial charge in [0.15, 0.2) is 0 Å². The Hall–Kier alpha value is -2.24. The molecular formula is C11H13NO5. The van der Waals surface area contributed by atoms with Gasteiger partial charge in [-0.15, -0.1) is 0 Å². The van der Waals surface area contributed by atoms with Crippen LogP contribution in [0.2, 0.25) is 0 Å². The van der Waals surface area contributed by atoms with Crippen LogP contribution in [0.1, 0.15) is 5.56 Å². The van der Waals surface area contributed by atoms with Crippen LogP contribution in [0.3, 0.4) is 0 Å². The van der Waals surface area contributed by atoms with E-state index < -0.39 is 18.1 Å². The molecular weight excluding hydrogens is 226 g/mol. The molecule has 17 heavy (non-hydrogen) atoms. The van der Waals surface area contributed by atoms with Crippen LogP contribution in [0.25, 0.3) is 0 Å². The Kier molecular flexibility index (Phi) is 4.33. The highest BCUT2D eigenvalue weighted by Crippen LogP contribution is 2.11. The number of carbonyl (C=O) groups is 2. The van der Waals surface area contributed by atoms with Gasteiger partial charge in [0.1, 0.15) is 11.8 Å². The molecule has 1 amide bonds. The second-order valence-electron chi connectivity index (χ2n) is 3.40. The minimum Gasteiger partial charge on any atom is -0.508 e. The standard InChI is InChI=1S/C11H13NO5/c1-17-11(16)12-9(10(14)15)6-7-2-4-8(13)5-3-7/h2-5,9,13H,6H2,1H3,(H,12,16)(H,14,15). The average molecular weight is 239 g/mol. The number of hydrogen-bond donors (Lipinski definition) is 3. The smallest absolute Gasteiger partial charge is 0.407 e. The SMILES string of the molecule is COC(=O)NC(Cc1ccc(O)cc1)C(=O)O. The van der Waals surface area contributed by atoms with Crippen molar-refractivity contribution in [2.45, 2.75) is 12.5 Å². The van der Waals surface area contributed by atoms with Crippen molar-refractivity contribution >= 4 is 12.1 Å². The molecule has 0 saturated heterocycles. The Labute approximate surface area is 97.8 Å². The van der Waals surface area contributed by atoms with Crippen LogP contribution in [0, 0.1) is 0 Å². The number of carboxylic acid groups (broad SMARTS) is 1. The second-order valence-corrected chi connectivity index (χ2v) is 3.40. The molecule has 0 heterocycles. The molecule has 3 N–H and O–H groups in total. The highest BCUT2D eigenvalue weighted by Gasteiger charge is 2.20. The van der Waals surface area contributed by atoms with E-state index in [4.69, 9.17) is 10.2 Å². The molecule has 6 heteroatoms. The molecule has 0 fully saturated rings. The van der Waals surface area contributed by atoms with Gasteiger partial charge in [0.25, 0.3) is 0 Å². The maximum Gasteiger partial charge on any atom is 0.407 e. The van der Waals surface area contributed by atoms with Crippen molar-refractivity contribution in [1.29, 1.82) is 0 Å². The van der Waals surface area contributed by atoms with Crippen LogP contribution in [-0.4, -0.2) is 35.4 Å². The molecule has 1 aromatic rings. The first kappa shape index (κ1) is 12.8. The van der Waals surface area contributed by atoms with Gasteiger partial charge in [-0.05, 0) is 17.7 Å². The van der Waals surface area contributed by atoms with Gasteiger partial charge < -0.3 is 20.3 Å². The third-order valence-electron chi connectivity index (χ3n) is 2.15. The zero-order valence-electron chi connectivity index (χ0n) is 9.21. The van der Waals surface area contributed by atoms with Gasteiger partial charge in [0, 0.05) is 6.42 Å². The Morgan fingerprint density at radius 2 is 1.94 bits per heavy atom. The number of amides is 1. The lowest BCUT2D eigenvalue weighted by Crippen LogP contribution is -2.42. The van der Waals surface area contributed by atoms with Gasteiger partial charge in [0.2, 0.25) is 0 Å². The maximum atomic E-state index is 10.9. The van der Waals surface area contributed by atoms with E-state index in [1.54, 1.807) is 12.1 Å². The Bertz CT molecular complexity index is 401. The number of phenolic OH excluding ortho intramolecular Hbond substituents is 1. The molecule has 1 rings (SSSR count). The lowest BCUT2D eigenvalue weighted by atomic mass is 10.1. The Morgan fingerprint density at radius 1 is 1.35 bits per heavy atom. The summed E-state index contributed by atoms with van der Waals surface area (Å²) < 4.78 is 4.33. The molecule has 0 bridgehead atoms. The number of aromatic hydroxyl groups is 1. The summed E-state index contributed by atoms with van der Waals surface area (Å²) in [5, 5.41) is 20.2. The van der Waals surface area contributed by atoms with Crippen LogP contribution in [0.15, 0.2) is 24.3 Å². The summed E-state index contributed by atoms with van der Waals surface area (Å²) in [6, 6.07) is 5.01. The van der Waals surface area contributed by atoms with E-state index in [-0.39, 0.29) is 12.2 Å². The Balaban J connectivity index is 2.70. The van der Waals surface area contributed by atoms with E-state index in [0.717, 1.165) is 7.11 Å². The molecule has 0 radical (unpaired) electrons. The fraction of sp³-hybridized carbons (Fsp3) is 0.273. The zero-order valence-corrected chi connectivity index (χ0v) is 9.21. The first-order valence-corrected chi connectivity index (χ1v) is 4.88. The van der Waals surface area contributed by atoms with Gasteiger partial charge in [-0.1, -0.05) is 12.1 Å². The number of rotatable bonds is 4. The summed E-state index contributed by atoms with van der Waals surface area (Å²) in [6.07, 6.45) is -0.679. The van der Waals surface area contributed by atoms with Crippen molar-refractivity contribution in [1.82, 2.24) is 5.32 Å². The van der Waals surface area contributed by atoms with Crippen LogP contribution < -0.4 is 5.32 Å². The lowest BCUT2D eigenvalue weighted by molar-refractivity contribution is -0.139. The highest BCUT2D eigenvalue weighted by molar-refractivity contribution is 5.80. The summed E-state index contributed by atoms with van der Waals surface area (Å²) in [6.45, 7) is 0. The zero-order chi connectivity index (χ0) is 12.8. The van der Waals surface area contributed by atoms with Crippen LogP contribution >= 0.6 is 0 Å². The van der Waals surface area contributed by atoms with Crippen LogP contribution in [-0.2, 0) is 16.0 Å². The van der Waals surface area contributed by atoms with Crippen molar-refractivity contribution in [2.75, 3.05) is 7.11 Å². The molecule has 92 valence electrons. The molecule has 0 aromatic heterocycles. The van der Waals surface area contributed by atoms with E-state index in [0.29, 0.717) is 5.56 Å². The minimum absolute atomic E-state index is 0.0987. The molecule has 0 aliphatic rings. The number of benzene rings is 1. The van der Waals surface area contributed by atoms with E-state index in [2.05, 4.69) is 10.1 Å². The maximum absolute atomic E-state index is 10.9. The van der Waals surface area contributed by atoms with E-state index in [9.17, 15) is 9.59 Å². The second kappa shape index (κ2) is 5.74. The molecule has 0 aliphatic heterocycles. The van der Waals surface area contributed by atoms with Gasteiger partial charge in [-0.2, -0.15) is 0 Å². The van der Waals surface area contributed by atoms with Crippen molar-refractivity contribution in [2.24, 2.45) is 0 Å². The average Bonchev–Trinajstić information content (AvgIpc) is 2.30. The van der Waals surface area contributed by atoms with E-state index >= 15 is 0 Å². The van der Waals surface area contributed by atoms with Gasteiger partial charge in [0.05, 0.1) is 7.11 Å². The predicted molar refractivity (Wildman–Crippen MR) is 58.8 cm³/mol. The molecule has 6 nitrogen and oxygen atoms in total. The van der Waals surface area contributed by atoms with E-state index in [1.807, 2.05) is 0 Å². The number of hydrogen-bond acceptors (Lipinski definition) is 4. The Morgan fingerprint density at radius 3 is 2.41 bits per heavy atom. The molecule has 0 spiro atoms. The summed E-state index contributed by atoms with van der Waals surface area (Å²) >= 11 is 0. The summed E-state index contributed by atoms with van der Waals surface area (Å²) in [4.78, 5) is 21.8. The third kappa shape index (κ3) is 4.02. The normalized spacial score (nSPS) is 11.6. The van der Waals surface area contributed by atoms with Crippen LogP contribution in [0.4, 0.5) is 4.79 Å². The third-order valence-corrected chi connectivity index (χ3v) is 2.15. The molecule has 1 atom stereocenters. The fourth-order valence-corrected chi connectivity index (χ4v) is 1.27. The quantitative estimate of drug-likeness (QED) is 0.720. The summed E-state index contributed by atoms with van der Waals surface area (Å²) in [7, 11) is 1.16.